The number of hydrogen-bond acceptors (Lipinski definition) is 7. The molecule has 8 nitrogen and oxygen atoms in total. The number of aromatic hydroxyl groups is 1. The Bertz CT molecular complexity index is 1240. The van der Waals surface area contributed by atoms with Crippen molar-refractivity contribution in [1.82, 2.24) is 5.43 Å². The van der Waals surface area contributed by atoms with Gasteiger partial charge in [0, 0.05) is 10.6 Å². The van der Waals surface area contributed by atoms with Gasteiger partial charge in [0.25, 0.3) is 5.91 Å². The highest BCUT2D eigenvalue weighted by atomic mass is 35.5. The number of hydrazone groups is 1. The second kappa shape index (κ2) is 12.6. The second-order valence-corrected chi connectivity index (χ2v) is 8.67. The van der Waals surface area contributed by atoms with Gasteiger partial charge in [0.1, 0.15) is 23.9 Å². The molecule has 0 atom stereocenters. The van der Waals surface area contributed by atoms with Gasteiger partial charge in [-0.05, 0) is 72.1 Å². The predicted molar refractivity (Wildman–Crippen MR) is 137 cm³/mol. The molecule has 0 heterocycles. The summed E-state index contributed by atoms with van der Waals surface area (Å²) in [5.74, 6) is 0.277. The minimum absolute atomic E-state index is 0.0552. The number of esters is 1. The minimum atomic E-state index is -0.575. The first-order valence-electron chi connectivity index (χ1n) is 11.2. The summed E-state index contributed by atoms with van der Waals surface area (Å²) in [5, 5.41) is 14.1. The van der Waals surface area contributed by atoms with Gasteiger partial charge in [0.05, 0.1) is 31.1 Å². The van der Waals surface area contributed by atoms with Crippen LogP contribution in [0.5, 0.6) is 17.2 Å². The molecular formula is C27H27ClN2O6. The molecule has 0 fully saturated rings. The summed E-state index contributed by atoms with van der Waals surface area (Å²) >= 11 is 5.79. The molecule has 0 aliphatic rings. The number of benzene rings is 3. The van der Waals surface area contributed by atoms with Crippen molar-refractivity contribution in [3.05, 3.63) is 87.9 Å². The predicted octanol–water partition coefficient (Wildman–Crippen LogP) is 5.21. The Morgan fingerprint density at radius 1 is 1.08 bits per heavy atom. The summed E-state index contributed by atoms with van der Waals surface area (Å²) in [5.41, 5.74) is 4.32. The number of ether oxygens (including phenoxy) is 3. The minimum Gasteiger partial charge on any atom is -0.507 e. The Kier molecular flexibility index (Phi) is 9.30. The van der Waals surface area contributed by atoms with Gasteiger partial charge in [-0.25, -0.2) is 10.2 Å². The number of nitrogens with one attached hydrogen (secondary N) is 1. The van der Waals surface area contributed by atoms with Crippen LogP contribution >= 0.6 is 11.6 Å². The van der Waals surface area contributed by atoms with Gasteiger partial charge >= 0.3 is 5.97 Å². The highest BCUT2D eigenvalue weighted by Crippen LogP contribution is 2.23. The van der Waals surface area contributed by atoms with Gasteiger partial charge in [-0.1, -0.05) is 25.4 Å². The third-order valence-corrected chi connectivity index (χ3v) is 5.16. The van der Waals surface area contributed by atoms with E-state index in [9.17, 15) is 14.7 Å². The number of phenolic OH excluding ortho intramolecular Hbond substituents is 1. The lowest BCUT2D eigenvalue weighted by Gasteiger charge is -2.12. The zero-order valence-corrected chi connectivity index (χ0v) is 20.9. The van der Waals surface area contributed by atoms with E-state index in [4.69, 9.17) is 25.8 Å². The number of amides is 1. The third kappa shape index (κ3) is 7.48. The highest BCUT2D eigenvalue weighted by Gasteiger charge is 2.11. The first kappa shape index (κ1) is 26.6. The van der Waals surface area contributed by atoms with Crippen molar-refractivity contribution >= 4 is 29.7 Å². The number of carbonyl (C=O) groups excluding carboxylic acids is 2. The van der Waals surface area contributed by atoms with E-state index in [1.165, 1.54) is 24.4 Å². The number of rotatable bonds is 10. The van der Waals surface area contributed by atoms with E-state index in [1.54, 1.807) is 43.5 Å². The summed E-state index contributed by atoms with van der Waals surface area (Å²) < 4.78 is 16.5. The SMILES string of the molecule is COc1ccc(C=NNC(=O)c2ccc(Cl)cc2O)cc1COc1ccc(C(=O)OCC(C)C)cc1. The van der Waals surface area contributed by atoms with Crippen LogP contribution < -0.4 is 14.9 Å². The quantitative estimate of drug-likeness (QED) is 0.220. The Labute approximate surface area is 214 Å². The number of nitrogens with zero attached hydrogens (tertiary/aromatic N) is 1. The maximum atomic E-state index is 12.2. The van der Waals surface area contributed by atoms with Crippen molar-refractivity contribution in [2.45, 2.75) is 20.5 Å². The van der Waals surface area contributed by atoms with E-state index >= 15 is 0 Å². The van der Waals surface area contributed by atoms with Crippen LogP contribution in [0.3, 0.4) is 0 Å². The molecule has 0 aromatic heterocycles. The van der Waals surface area contributed by atoms with E-state index < -0.39 is 5.91 Å². The Morgan fingerprint density at radius 2 is 1.83 bits per heavy atom. The average molecular weight is 511 g/mol. The van der Waals surface area contributed by atoms with Crippen molar-refractivity contribution in [2.24, 2.45) is 11.0 Å². The molecule has 0 saturated carbocycles. The van der Waals surface area contributed by atoms with Crippen LogP contribution in [0, 0.1) is 5.92 Å². The summed E-state index contributed by atoms with van der Waals surface area (Å²) in [6, 6.07) is 16.2. The van der Waals surface area contributed by atoms with E-state index in [0.29, 0.717) is 34.3 Å². The Hall–Kier alpha value is -4.04. The molecule has 0 bridgehead atoms. The Morgan fingerprint density at radius 3 is 2.50 bits per heavy atom. The maximum Gasteiger partial charge on any atom is 0.338 e. The molecule has 3 aromatic rings. The number of phenols is 1. The van der Waals surface area contributed by atoms with E-state index in [0.717, 1.165) is 5.56 Å². The van der Waals surface area contributed by atoms with Crippen molar-refractivity contribution in [2.75, 3.05) is 13.7 Å². The van der Waals surface area contributed by atoms with Gasteiger partial charge in [-0.15, -0.1) is 0 Å². The zero-order valence-electron chi connectivity index (χ0n) is 20.2. The van der Waals surface area contributed by atoms with Crippen LogP contribution in [0.15, 0.2) is 65.8 Å². The molecule has 0 saturated heterocycles. The average Bonchev–Trinajstić information content (AvgIpc) is 2.86. The topological polar surface area (TPSA) is 106 Å². The van der Waals surface area contributed by atoms with Gasteiger partial charge < -0.3 is 19.3 Å². The molecule has 36 heavy (non-hydrogen) atoms. The summed E-state index contributed by atoms with van der Waals surface area (Å²) in [6.07, 6.45) is 1.46. The molecule has 0 aliphatic heterocycles. The number of halogens is 1. The van der Waals surface area contributed by atoms with Gasteiger partial charge in [-0.3, -0.25) is 4.79 Å². The summed E-state index contributed by atoms with van der Waals surface area (Å²) in [6.45, 7) is 4.52. The second-order valence-electron chi connectivity index (χ2n) is 8.24. The van der Waals surface area contributed by atoms with Crippen LogP contribution in [0.2, 0.25) is 5.02 Å². The molecular weight excluding hydrogens is 484 g/mol. The first-order chi connectivity index (χ1) is 17.3. The largest absolute Gasteiger partial charge is 0.507 e. The lowest BCUT2D eigenvalue weighted by Crippen LogP contribution is -2.17. The lowest BCUT2D eigenvalue weighted by atomic mass is 10.1. The first-order valence-corrected chi connectivity index (χ1v) is 11.5. The van der Waals surface area contributed by atoms with Crippen molar-refractivity contribution < 1.29 is 28.9 Å². The fraction of sp³-hybridized carbons (Fsp3) is 0.222. The third-order valence-electron chi connectivity index (χ3n) is 4.92. The van der Waals surface area contributed by atoms with Crippen LogP contribution in [0.25, 0.3) is 0 Å². The zero-order chi connectivity index (χ0) is 26.1. The van der Waals surface area contributed by atoms with Crippen molar-refractivity contribution in [3.8, 4) is 17.2 Å². The summed E-state index contributed by atoms with van der Waals surface area (Å²) in [4.78, 5) is 24.3. The van der Waals surface area contributed by atoms with Crippen molar-refractivity contribution in [3.63, 3.8) is 0 Å². The molecule has 0 spiro atoms. The fourth-order valence-electron chi connectivity index (χ4n) is 3.09. The monoisotopic (exact) mass is 510 g/mol. The van der Waals surface area contributed by atoms with Crippen LogP contribution in [-0.4, -0.2) is 36.9 Å². The number of hydrogen-bond donors (Lipinski definition) is 2. The molecule has 1 amide bonds. The number of carbonyl (C=O) groups is 2. The standard InChI is InChI=1S/C27H27ClN2O6/c1-17(2)15-36-27(33)19-5-8-22(9-6-19)35-16-20-12-18(4-11-25(20)34-3)14-29-30-26(32)23-10-7-21(28)13-24(23)31/h4-14,17,31H,15-16H2,1-3H3,(H,30,32). The van der Waals surface area contributed by atoms with Gasteiger partial charge in [0.2, 0.25) is 0 Å². The van der Waals surface area contributed by atoms with Crippen LogP contribution in [0.1, 0.15) is 45.7 Å². The van der Waals surface area contributed by atoms with Gasteiger partial charge in [-0.2, -0.15) is 5.10 Å². The smallest absolute Gasteiger partial charge is 0.338 e. The molecule has 3 rings (SSSR count). The van der Waals surface area contributed by atoms with Gasteiger partial charge in [0.15, 0.2) is 0 Å². The van der Waals surface area contributed by atoms with E-state index in [1.807, 2.05) is 19.9 Å². The normalized spacial score (nSPS) is 10.9. The Balaban J connectivity index is 1.62. The lowest BCUT2D eigenvalue weighted by molar-refractivity contribution is 0.0458. The van der Waals surface area contributed by atoms with Crippen molar-refractivity contribution in [1.29, 1.82) is 0 Å². The molecule has 0 aliphatic carbocycles. The maximum absolute atomic E-state index is 12.2. The molecule has 0 radical (unpaired) electrons. The summed E-state index contributed by atoms with van der Waals surface area (Å²) in [7, 11) is 1.56. The van der Waals surface area contributed by atoms with E-state index in [2.05, 4.69) is 10.5 Å². The van der Waals surface area contributed by atoms with Crippen LogP contribution in [0.4, 0.5) is 0 Å². The molecule has 3 aromatic carbocycles. The molecule has 0 unspecified atom stereocenters. The molecule has 188 valence electrons. The molecule has 9 heteroatoms. The highest BCUT2D eigenvalue weighted by molar-refractivity contribution is 6.30. The fourth-order valence-corrected chi connectivity index (χ4v) is 3.25. The van der Waals surface area contributed by atoms with E-state index in [-0.39, 0.29) is 29.8 Å². The van der Waals surface area contributed by atoms with Crippen LogP contribution in [-0.2, 0) is 11.3 Å². The molecule has 2 N–H and O–H groups in total. The number of methoxy groups -OCH3 is 1.